The van der Waals surface area contributed by atoms with Gasteiger partial charge in [0.15, 0.2) is 5.75 Å². The minimum atomic E-state index is -1.15. The smallest absolute Gasteiger partial charge is 0.337 e. The van der Waals surface area contributed by atoms with E-state index >= 15 is 0 Å². The molecule has 19 heavy (non-hydrogen) atoms. The molecule has 0 unspecified atom stereocenters. The first-order valence-electron chi connectivity index (χ1n) is 5.16. The van der Waals surface area contributed by atoms with Gasteiger partial charge in [-0.2, -0.15) is 5.26 Å². The Balaban J connectivity index is 2.37. The van der Waals surface area contributed by atoms with Crippen LogP contribution in [0.15, 0.2) is 36.7 Å². The summed E-state index contributed by atoms with van der Waals surface area (Å²) >= 11 is 5.75. The molecule has 0 aliphatic heterocycles. The molecule has 0 saturated carbocycles. The van der Waals surface area contributed by atoms with Crippen LogP contribution in [0.4, 0.5) is 0 Å². The van der Waals surface area contributed by atoms with Gasteiger partial charge in [0.25, 0.3) is 0 Å². The number of aromatic nitrogens is 1. The van der Waals surface area contributed by atoms with E-state index in [0.29, 0.717) is 5.56 Å². The van der Waals surface area contributed by atoms with Crippen molar-refractivity contribution < 1.29 is 14.6 Å². The van der Waals surface area contributed by atoms with Gasteiger partial charge in [0.05, 0.1) is 22.3 Å². The maximum atomic E-state index is 10.9. The Labute approximate surface area is 113 Å². The number of hydrogen-bond donors (Lipinski definition) is 1. The van der Waals surface area contributed by atoms with Crippen LogP contribution in [0.2, 0.25) is 5.02 Å². The number of hydrogen-bond acceptors (Lipinski definition) is 4. The summed E-state index contributed by atoms with van der Waals surface area (Å²) in [6.07, 6.45) is 2.85. The molecule has 1 aromatic carbocycles. The average molecular weight is 275 g/mol. The van der Waals surface area contributed by atoms with Gasteiger partial charge in [0, 0.05) is 6.20 Å². The number of ether oxygens (including phenoxy) is 1. The van der Waals surface area contributed by atoms with Crippen LogP contribution < -0.4 is 4.74 Å². The third-order valence-corrected chi connectivity index (χ3v) is 2.63. The zero-order chi connectivity index (χ0) is 13.8. The molecular formula is C13H7ClN2O3. The van der Waals surface area contributed by atoms with E-state index in [4.69, 9.17) is 26.7 Å². The van der Waals surface area contributed by atoms with Crippen LogP contribution in [0.5, 0.6) is 11.5 Å². The standard InChI is InChI=1S/C13H7ClN2O3/c14-11-2-1-9(5-10(11)13(17)18)19-12-7-16-4-3-8(12)6-15/h1-5,7H,(H,17,18). The highest BCUT2D eigenvalue weighted by Crippen LogP contribution is 2.27. The van der Waals surface area contributed by atoms with Crippen molar-refractivity contribution in [3.63, 3.8) is 0 Å². The summed E-state index contributed by atoms with van der Waals surface area (Å²) in [7, 11) is 0. The lowest BCUT2D eigenvalue weighted by Crippen LogP contribution is -1.98. The van der Waals surface area contributed by atoms with Crippen LogP contribution >= 0.6 is 11.6 Å². The van der Waals surface area contributed by atoms with Crippen molar-refractivity contribution in [3.8, 4) is 17.6 Å². The van der Waals surface area contributed by atoms with Crippen LogP contribution in [0.1, 0.15) is 15.9 Å². The molecule has 0 spiro atoms. The molecule has 1 N–H and O–H groups in total. The minimum Gasteiger partial charge on any atom is -0.478 e. The normalized spacial score (nSPS) is 9.68. The molecule has 0 bridgehead atoms. The second-order valence-corrected chi connectivity index (χ2v) is 3.94. The predicted molar refractivity (Wildman–Crippen MR) is 67.4 cm³/mol. The highest BCUT2D eigenvalue weighted by molar-refractivity contribution is 6.33. The Morgan fingerprint density at radius 1 is 1.42 bits per heavy atom. The van der Waals surface area contributed by atoms with Crippen molar-refractivity contribution in [1.82, 2.24) is 4.98 Å². The van der Waals surface area contributed by atoms with E-state index in [2.05, 4.69) is 4.98 Å². The molecule has 0 radical (unpaired) electrons. The number of carboxylic acid groups (broad SMARTS) is 1. The minimum absolute atomic E-state index is 0.0680. The third-order valence-electron chi connectivity index (χ3n) is 2.30. The maximum absolute atomic E-state index is 10.9. The lowest BCUT2D eigenvalue weighted by atomic mass is 10.2. The van der Waals surface area contributed by atoms with Crippen molar-refractivity contribution in [2.45, 2.75) is 0 Å². The molecule has 1 aromatic heterocycles. The molecule has 6 heteroatoms. The van der Waals surface area contributed by atoms with Gasteiger partial charge in [-0.1, -0.05) is 11.6 Å². The van der Waals surface area contributed by atoms with Gasteiger partial charge < -0.3 is 9.84 Å². The predicted octanol–water partition coefficient (Wildman–Crippen LogP) is 3.10. The Bertz CT molecular complexity index is 680. The van der Waals surface area contributed by atoms with Crippen molar-refractivity contribution in [2.75, 3.05) is 0 Å². The van der Waals surface area contributed by atoms with Crippen molar-refractivity contribution in [1.29, 1.82) is 5.26 Å². The molecule has 94 valence electrons. The summed E-state index contributed by atoms with van der Waals surface area (Å²) in [6, 6.07) is 7.69. The Morgan fingerprint density at radius 2 is 2.21 bits per heavy atom. The SMILES string of the molecule is N#Cc1ccncc1Oc1ccc(Cl)c(C(=O)O)c1. The molecule has 0 atom stereocenters. The Hall–Kier alpha value is -2.58. The number of benzene rings is 1. The topological polar surface area (TPSA) is 83.2 Å². The molecule has 0 saturated heterocycles. The highest BCUT2D eigenvalue weighted by atomic mass is 35.5. The molecule has 5 nitrogen and oxygen atoms in total. The van der Waals surface area contributed by atoms with Gasteiger partial charge in [-0.3, -0.25) is 4.98 Å². The second-order valence-electron chi connectivity index (χ2n) is 3.53. The summed E-state index contributed by atoms with van der Waals surface area (Å²) in [5.41, 5.74) is 0.239. The van der Waals surface area contributed by atoms with Crippen molar-refractivity contribution in [2.24, 2.45) is 0 Å². The van der Waals surface area contributed by atoms with E-state index in [1.54, 1.807) is 0 Å². The maximum Gasteiger partial charge on any atom is 0.337 e. The molecular weight excluding hydrogens is 268 g/mol. The molecule has 2 rings (SSSR count). The summed E-state index contributed by atoms with van der Waals surface area (Å²) < 4.78 is 5.44. The Kier molecular flexibility index (Phi) is 3.64. The fraction of sp³-hybridized carbons (Fsp3) is 0. The van der Waals surface area contributed by atoms with E-state index in [1.807, 2.05) is 6.07 Å². The van der Waals surface area contributed by atoms with E-state index in [-0.39, 0.29) is 22.1 Å². The average Bonchev–Trinajstić information content (AvgIpc) is 2.41. The van der Waals surface area contributed by atoms with Gasteiger partial charge in [-0.15, -0.1) is 0 Å². The lowest BCUT2D eigenvalue weighted by Gasteiger charge is -2.08. The largest absolute Gasteiger partial charge is 0.478 e. The molecule has 0 amide bonds. The van der Waals surface area contributed by atoms with Gasteiger partial charge in [-0.05, 0) is 24.3 Å². The van der Waals surface area contributed by atoms with Crippen LogP contribution in [-0.4, -0.2) is 16.1 Å². The van der Waals surface area contributed by atoms with Gasteiger partial charge in [0.1, 0.15) is 11.8 Å². The first kappa shape index (κ1) is 12.9. The molecule has 0 aliphatic carbocycles. The quantitative estimate of drug-likeness (QED) is 0.930. The zero-order valence-electron chi connectivity index (χ0n) is 9.50. The zero-order valence-corrected chi connectivity index (χ0v) is 10.3. The number of carboxylic acids is 1. The monoisotopic (exact) mass is 274 g/mol. The van der Waals surface area contributed by atoms with Crippen LogP contribution in [0.3, 0.4) is 0 Å². The fourth-order valence-electron chi connectivity index (χ4n) is 1.41. The number of nitriles is 1. The van der Waals surface area contributed by atoms with E-state index in [0.717, 1.165) is 0 Å². The fourth-order valence-corrected chi connectivity index (χ4v) is 1.61. The number of rotatable bonds is 3. The molecule has 0 fully saturated rings. The van der Waals surface area contributed by atoms with Crippen LogP contribution in [0, 0.1) is 11.3 Å². The number of halogens is 1. The first-order valence-corrected chi connectivity index (χ1v) is 5.54. The molecule has 0 aliphatic rings. The number of pyridine rings is 1. The Morgan fingerprint density at radius 3 is 2.89 bits per heavy atom. The number of aromatic carboxylic acids is 1. The lowest BCUT2D eigenvalue weighted by molar-refractivity contribution is 0.0696. The second kappa shape index (κ2) is 5.38. The van der Waals surface area contributed by atoms with Crippen molar-refractivity contribution in [3.05, 3.63) is 52.8 Å². The number of carbonyl (C=O) groups is 1. The van der Waals surface area contributed by atoms with Gasteiger partial charge in [0.2, 0.25) is 0 Å². The third kappa shape index (κ3) is 2.81. The van der Waals surface area contributed by atoms with Gasteiger partial charge in [-0.25, -0.2) is 4.79 Å². The van der Waals surface area contributed by atoms with E-state index < -0.39 is 5.97 Å². The number of nitrogens with zero attached hydrogens (tertiary/aromatic N) is 2. The van der Waals surface area contributed by atoms with Gasteiger partial charge >= 0.3 is 5.97 Å². The summed E-state index contributed by atoms with van der Waals surface area (Å²) in [6.45, 7) is 0. The van der Waals surface area contributed by atoms with Crippen LogP contribution in [0.25, 0.3) is 0 Å². The first-order chi connectivity index (χ1) is 9.11. The summed E-state index contributed by atoms with van der Waals surface area (Å²) in [4.78, 5) is 14.8. The van der Waals surface area contributed by atoms with E-state index in [9.17, 15) is 4.79 Å². The molecule has 1 heterocycles. The van der Waals surface area contributed by atoms with E-state index in [1.165, 1.54) is 36.7 Å². The van der Waals surface area contributed by atoms with Crippen LogP contribution in [-0.2, 0) is 0 Å². The summed E-state index contributed by atoms with van der Waals surface area (Å²) in [5, 5.41) is 18.0. The highest BCUT2D eigenvalue weighted by Gasteiger charge is 2.11. The molecule has 2 aromatic rings. The summed E-state index contributed by atoms with van der Waals surface area (Å²) in [5.74, 6) is -0.628. The van der Waals surface area contributed by atoms with Crippen molar-refractivity contribution >= 4 is 17.6 Å².